The fraction of sp³-hybridized carbons (Fsp3) is 0.364. The Morgan fingerprint density at radius 3 is 2.26 bits per heavy atom. The molecule has 0 fully saturated rings. The highest BCUT2D eigenvalue weighted by molar-refractivity contribution is 6.40. The molecule has 2 rings (SSSR count). The average molecular weight is 675 g/mol. The average Bonchev–Trinajstić information content (AvgIpc) is 2.97. The van der Waals surface area contributed by atoms with Gasteiger partial charge < -0.3 is 25.3 Å². The molecule has 46 heavy (non-hydrogen) atoms. The van der Waals surface area contributed by atoms with Crippen molar-refractivity contribution in [1.82, 2.24) is 10.2 Å². The van der Waals surface area contributed by atoms with Gasteiger partial charge in [-0.3, -0.25) is 14.5 Å². The van der Waals surface area contributed by atoms with Crippen LogP contribution in [-0.2, 0) is 20.8 Å². The van der Waals surface area contributed by atoms with Crippen LogP contribution >= 0.6 is 23.2 Å². The van der Waals surface area contributed by atoms with Gasteiger partial charge in [-0.05, 0) is 82.6 Å². The lowest BCUT2D eigenvalue weighted by Gasteiger charge is -2.34. The molecule has 0 unspecified atom stereocenters. The highest BCUT2D eigenvalue weighted by Gasteiger charge is 2.32. The van der Waals surface area contributed by atoms with Crippen molar-refractivity contribution >= 4 is 58.3 Å². The van der Waals surface area contributed by atoms with Gasteiger partial charge in [-0.2, -0.15) is 4.99 Å². The molecule has 0 aliphatic carbocycles. The number of rotatable bonds is 16. The Morgan fingerprint density at radius 1 is 1.07 bits per heavy atom. The first kappa shape index (κ1) is 38.0. The summed E-state index contributed by atoms with van der Waals surface area (Å²) in [5, 5.41) is 20.2. The lowest BCUT2D eigenvalue weighted by atomic mass is 10.0. The van der Waals surface area contributed by atoms with Crippen LogP contribution in [0.1, 0.15) is 51.7 Å². The third-order valence-corrected chi connectivity index (χ3v) is 6.69. The molecule has 2 aromatic carbocycles. The zero-order valence-electron chi connectivity index (χ0n) is 26.6. The topological polar surface area (TPSA) is 142 Å². The second-order valence-corrected chi connectivity index (χ2v) is 11.7. The first-order valence-corrected chi connectivity index (χ1v) is 15.3. The summed E-state index contributed by atoms with van der Waals surface area (Å²) >= 11 is 13.0. The van der Waals surface area contributed by atoms with Gasteiger partial charge in [-0.25, -0.2) is 4.79 Å². The lowest BCUT2D eigenvalue weighted by Crippen LogP contribution is -2.49. The van der Waals surface area contributed by atoms with E-state index in [-0.39, 0.29) is 53.5 Å². The van der Waals surface area contributed by atoms with Gasteiger partial charge in [0.15, 0.2) is 0 Å². The minimum atomic E-state index is -1.30. The number of carboxylic acid groups (broad SMARTS) is 1. The van der Waals surface area contributed by atoms with E-state index < -0.39 is 17.5 Å². The molecule has 0 atom stereocenters. The van der Waals surface area contributed by atoms with Crippen LogP contribution in [-0.4, -0.2) is 71.3 Å². The molecule has 0 aromatic heterocycles. The minimum Gasteiger partial charge on any atom is -0.490 e. The number of hydrogen-bond donors (Lipinski definition) is 3. The Balaban J connectivity index is 2.41. The van der Waals surface area contributed by atoms with E-state index in [0.717, 1.165) is 4.90 Å². The molecule has 0 saturated carbocycles. The van der Waals surface area contributed by atoms with Crippen LogP contribution in [0.15, 0.2) is 71.9 Å². The molecule has 3 amide bonds. The maximum Gasteiger partial charge on any atom is 0.413 e. The van der Waals surface area contributed by atoms with Crippen LogP contribution in [0.5, 0.6) is 5.75 Å². The van der Waals surface area contributed by atoms with Crippen molar-refractivity contribution in [1.29, 1.82) is 0 Å². The smallest absolute Gasteiger partial charge is 0.413 e. The predicted octanol–water partition coefficient (Wildman–Crippen LogP) is 6.74. The molecule has 0 aliphatic heterocycles. The first-order valence-electron chi connectivity index (χ1n) is 14.6. The molecule has 0 saturated heterocycles. The second-order valence-electron chi connectivity index (χ2n) is 10.9. The van der Waals surface area contributed by atoms with Crippen molar-refractivity contribution in [3.63, 3.8) is 0 Å². The van der Waals surface area contributed by atoms with Crippen LogP contribution in [0.3, 0.4) is 0 Å². The quantitative estimate of drug-likeness (QED) is 0.0589. The number of aliphatic imine (C=N–C) groups is 1. The monoisotopic (exact) mass is 673 g/mol. The van der Waals surface area contributed by atoms with Crippen LogP contribution in [0.25, 0.3) is 0 Å². The first-order chi connectivity index (χ1) is 21.8. The molecule has 0 aliphatic rings. The fourth-order valence-corrected chi connectivity index (χ4v) is 4.75. The number of amides is 3. The minimum absolute atomic E-state index is 0.0438. The summed E-state index contributed by atoms with van der Waals surface area (Å²) < 4.78 is 5.52. The van der Waals surface area contributed by atoms with Crippen molar-refractivity contribution in [2.45, 2.75) is 52.5 Å². The van der Waals surface area contributed by atoms with Gasteiger partial charge in [0.1, 0.15) is 24.8 Å². The number of benzene rings is 2. The van der Waals surface area contributed by atoms with E-state index in [4.69, 9.17) is 32.8 Å². The highest BCUT2D eigenvalue weighted by Crippen LogP contribution is 2.32. The van der Waals surface area contributed by atoms with E-state index in [2.05, 4.69) is 33.9 Å². The van der Waals surface area contributed by atoms with Gasteiger partial charge in [0.2, 0.25) is 5.91 Å². The summed E-state index contributed by atoms with van der Waals surface area (Å²) in [7, 11) is 0. The van der Waals surface area contributed by atoms with Crippen molar-refractivity contribution in [3.05, 3.63) is 82.9 Å². The molecule has 248 valence electrons. The molecule has 3 N–H and O–H groups in total. The molecule has 13 heteroatoms. The summed E-state index contributed by atoms with van der Waals surface area (Å²) in [5.74, 6) is -0.441. The number of hydrogen-bond acceptors (Lipinski definition) is 7. The number of oxime groups is 1. The summed E-state index contributed by atoms with van der Waals surface area (Å²) in [6.45, 7) is 15.3. The van der Waals surface area contributed by atoms with Crippen molar-refractivity contribution < 1.29 is 29.1 Å². The largest absolute Gasteiger partial charge is 0.490 e. The summed E-state index contributed by atoms with van der Waals surface area (Å²) in [5.41, 5.74) is 0.614. The zero-order chi connectivity index (χ0) is 34.3. The number of anilines is 1. The van der Waals surface area contributed by atoms with Crippen LogP contribution in [0, 0.1) is 0 Å². The van der Waals surface area contributed by atoms with Gasteiger partial charge in [0.25, 0.3) is 5.91 Å². The number of carbonyl (C=O) groups is 3. The number of nitrogens with zero attached hydrogens (tertiary/aromatic N) is 3. The Morgan fingerprint density at radius 2 is 1.72 bits per heavy atom. The van der Waals surface area contributed by atoms with Gasteiger partial charge in [-0.15, -0.1) is 6.58 Å². The SMILES string of the molecule is C=CCCNCC(=O)Nc1c(Cl)cc(CC(=NC(=O)CC(=NOCC)c2ccc(OCC=C)cc2)N(C(=O)O)C(C)(C)C)cc1Cl. The lowest BCUT2D eigenvalue weighted by molar-refractivity contribution is -0.117. The maximum absolute atomic E-state index is 13.4. The normalized spacial score (nSPS) is 11.9. The summed E-state index contributed by atoms with van der Waals surface area (Å²) in [6, 6.07) is 9.99. The number of amidine groups is 1. The number of nitrogens with one attached hydrogen (secondary N) is 2. The van der Waals surface area contributed by atoms with Crippen LogP contribution in [0.2, 0.25) is 10.0 Å². The van der Waals surface area contributed by atoms with Gasteiger partial charge in [0.05, 0.1) is 34.4 Å². The molecule has 0 heterocycles. The van der Waals surface area contributed by atoms with Crippen LogP contribution in [0.4, 0.5) is 10.5 Å². The third kappa shape index (κ3) is 12.3. The number of ether oxygens (including phenoxy) is 1. The van der Waals surface area contributed by atoms with E-state index in [1.165, 1.54) is 12.1 Å². The van der Waals surface area contributed by atoms with Crippen molar-refractivity contribution in [2.75, 3.05) is 31.6 Å². The van der Waals surface area contributed by atoms with Crippen molar-refractivity contribution in [3.8, 4) is 5.75 Å². The van der Waals surface area contributed by atoms with E-state index in [1.54, 1.807) is 64.1 Å². The Bertz CT molecular complexity index is 1430. The molecular weight excluding hydrogens is 633 g/mol. The zero-order valence-corrected chi connectivity index (χ0v) is 28.1. The van der Waals surface area contributed by atoms with Gasteiger partial charge in [-0.1, -0.05) is 47.1 Å². The van der Waals surface area contributed by atoms with Gasteiger partial charge >= 0.3 is 6.09 Å². The van der Waals surface area contributed by atoms with E-state index in [1.807, 2.05) is 0 Å². The Labute approximate surface area is 279 Å². The highest BCUT2D eigenvalue weighted by atomic mass is 35.5. The molecule has 11 nitrogen and oxygen atoms in total. The number of halogens is 2. The third-order valence-electron chi connectivity index (χ3n) is 6.09. The van der Waals surface area contributed by atoms with Crippen LogP contribution < -0.4 is 15.4 Å². The molecule has 0 bridgehead atoms. The molecule has 2 aromatic rings. The molecular formula is C33H41Cl2N5O6. The predicted molar refractivity (Wildman–Crippen MR) is 183 cm³/mol. The standard InChI is InChI=1S/C33H41Cl2N5O6/c1-7-10-15-36-21-30(42)38-31-25(34)17-22(18-26(31)35)19-28(40(32(43)44)33(4,5)6)37-29(41)20-27(39-46-9-3)23-11-13-24(14-12-23)45-16-8-2/h7-8,11-14,17-18,36H,1-2,9-10,15-16,19-21H2,3-6H3,(H,38,42)(H,43,44). The fourth-order valence-electron chi connectivity index (χ4n) is 4.13. The molecule has 0 radical (unpaired) electrons. The Kier molecular flexibility index (Phi) is 15.4. The van der Waals surface area contributed by atoms with E-state index in [0.29, 0.717) is 42.2 Å². The summed E-state index contributed by atoms with van der Waals surface area (Å²) in [6.07, 6.45) is 2.38. The molecule has 0 spiro atoms. The number of carbonyl (C=O) groups excluding carboxylic acids is 2. The van der Waals surface area contributed by atoms with Crippen molar-refractivity contribution in [2.24, 2.45) is 10.1 Å². The Hall–Kier alpha value is -4.19. The van der Waals surface area contributed by atoms with E-state index >= 15 is 0 Å². The maximum atomic E-state index is 13.4. The summed E-state index contributed by atoms with van der Waals surface area (Å²) in [4.78, 5) is 48.7. The van der Waals surface area contributed by atoms with Gasteiger partial charge in [0, 0.05) is 17.5 Å². The second kappa shape index (κ2) is 18.7. The van der Waals surface area contributed by atoms with E-state index in [9.17, 15) is 19.5 Å².